The van der Waals surface area contributed by atoms with Crippen molar-refractivity contribution in [1.29, 1.82) is 0 Å². The fourth-order valence-corrected chi connectivity index (χ4v) is 5.42. The maximum atomic E-state index is 9.48. The van der Waals surface area contributed by atoms with Gasteiger partial charge in [0.2, 0.25) is 0 Å². The minimum absolute atomic E-state index is 0.380. The SMILES string of the molecule is CC1CCC(C(C)C2CCC(C(C)c3ccc(O)cc3)CC2)CC1. The van der Waals surface area contributed by atoms with Crippen molar-refractivity contribution in [3.8, 4) is 5.75 Å². The Labute approximate surface area is 148 Å². The lowest BCUT2D eigenvalue weighted by molar-refractivity contribution is 0.122. The van der Waals surface area contributed by atoms with Gasteiger partial charge in [0, 0.05) is 0 Å². The Hall–Kier alpha value is -0.980. The highest BCUT2D eigenvalue weighted by Crippen LogP contribution is 2.44. The number of hydrogen-bond donors (Lipinski definition) is 1. The first-order valence-corrected chi connectivity index (χ1v) is 10.3. The summed E-state index contributed by atoms with van der Waals surface area (Å²) >= 11 is 0. The van der Waals surface area contributed by atoms with E-state index in [0.717, 1.165) is 29.6 Å². The van der Waals surface area contributed by atoms with Crippen molar-refractivity contribution < 1.29 is 5.11 Å². The summed E-state index contributed by atoms with van der Waals surface area (Å²) in [5.74, 6) is 5.69. The van der Waals surface area contributed by atoms with Crippen molar-refractivity contribution in [1.82, 2.24) is 0 Å². The smallest absolute Gasteiger partial charge is 0.115 e. The molecule has 0 heterocycles. The van der Waals surface area contributed by atoms with Gasteiger partial charge in [0.25, 0.3) is 0 Å². The van der Waals surface area contributed by atoms with Gasteiger partial charge in [-0.2, -0.15) is 0 Å². The normalized spacial score (nSPS) is 33.8. The summed E-state index contributed by atoms with van der Waals surface area (Å²) < 4.78 is 0. The predicted molar refractivity (Wildman–Crippen MR) is 102 cm³/mol. The molecule has 1 heteroatoms. The number of benzene rings is 1. The van der Waals surface area contributed by atoms with Crippen LogP contribution in [0.1, 0.15) is 83.6 Å². The largest absolute Gasteiger partial charge is 0.508 e. The van der Waals surface area contributed by atoms with Gasteiger partial charge in [0.15, 0.2) is 0 Å². The van der Waals surface area contributed by atoms with Crippen molar-refractivity contribution in [2.24, 2.45) is 29.6 Å². The third-order valence-corrected chi connectivity index (χ3v) is 7.49. The highest BCUT2D eigenvalue weighted by molar-refractivity contribution is 5.28. The Balaban J connectivity index is 1.50. The lowest BCUT2D eigenvalue weighted by Gasteiger charge is -2.40. The van der Waals surface area contributed by atoms with Crippen molar-refractivity contribution in [3.05, 3.63) is 29.8 Å². The molecule has 2 aliphatic carbocycles. The van der Waals surface area contributed by atoms with Crippen LogP contribution >= 0.6 is 0 Å². The van der Waals surface area contributed by atoms with Crippen LogP contribution in [0.4, 0.5) is 0 Å². The molecule has 1 aromatic carbocycles. The zero-order valence-electron chi connectivity index (χ0n) is 15.9. The molecule has 2 aliphatic rings. The molecule has 2 fully saturated rings. The fraction of sp³-hybridized carbons (Fsp3) is 0.739. The molecular formula is C23H36O. The van der Waals surface area contributed by atoms with E-state index in [9.17, 15) is 5.11 Å². The first kappa shape index (κ1) is 17.8. The third kappa shape index (κ3) is 4.16. The van der Waals surface area contributed by atoms with Gasteiger partial charge < -0.3 is 5.11 Å². The van der Waals surface area contributed by atoms with Gasteiger partial charge in [-0.15, -0.1) is 0 Å². The van der Waals surface area contributed by atoms with Gasteiger partial charge in [-0.3, -0.25) is 0 Å². The van der Waals surface area contributed by atoms with Crippen LogP contribution in [0.3, 0.4) is 0 Å². The lowest BCUT2D eigenvalue weighted by Crippen LogP contribution is -2.29. The van der Waals surface area contributed by atoms with E-state index in [1.165, 1.54) is 56.9 Å². The van der Waals surface area contributed by atoms with Crippen molar-refractivity contribution in [2.75, 3.05) is 0 Å². The van der Waals surface area contributed by atoms with Crippen LogP contribution in [-0.4, -0.2) is 5.11 Å². The van der Waals surface area contributed by atoms with Gasteiger partial charge in [-0.05, 0) is 91.7 Å². The van der Waals surface area contributed by atoms with E-state index >= 15 is 0 Å². The van der Waals surface area contributed by atoms with Crippen LogP contribution in [0.25, 0.3) is 0 Å². The molecule has 2 unspecified atom stereocenters. The Kier molecular flexibility index (Phi) is 5.89. The summed E-state index contributed by atoms with van der Waals surface area (Å²) in [5, 5.41) is 9.48. The summed E-state index contributed by atoms with van der Waals surface area (Å²) in [5.41, 5.74) is 1.39. The average molecular weight is 329 g/mol. The van der Waals surface area contributed by atoms with E-state index < -0.39 is 0 Å². The van der Waals surface area contributed by atoms with Crippen molar-refractivity contribution in [2.45, 2.75) is 78.1 Å². The second kappa shape index (κ2) is 7.93. The molecule has 2 saturated carbocycles. The van der Waals surface area contributed by atoms with Gasteiger partial charge in [-0.25, -0.2) is 0 Å². The zero-order valence-corrected chi connectivity index (χ0v) is 15.9. The topological polar surface area (TPSA) is 20.2 Å². The van der Waals surface area contributed by atoms with Crippen LogP contribution in [0, 0.1) is 29.6 Å². The van der Waals surface area contributed by atoms with Crippen LogP contribution in [0.5, 0.6) is 5.75 Å². The molecule has 1 aromatic rings. The number of aromatic hydroxyl groups is 1. The van der Waals surface area contributed by atoms with E-state index in [1.807, 2.05) is 12.1 Å². The second-order valence-electron chi connectivity index (χ2n) is 8.93. The maximum absolute atomic E-state index is 9.48. The molecular weight excluding hydrogens is 292 g/mol. The molecule has 0 saturated heterocycles. The van der Waals surface area contributed by atoms with Crippen molar-refractivity contribution >= 4 is 0 Å². The van der Waals surface area contributed by atoms with E-state index in [-0.39, 0.29) is 0 Å². The molecule has 0 spiro atoms. The number of phenols is 1. The predicted octanol–water partition coefficient (Wildman–Crippen LogP) is 6.76. The summed E-state index contributed by atoms with van der Waals surface area (Å²) in [6, 6.07) is 7.89. The number of hydrogen-bond acceptors (Lipinski definition) is 1. The summed E-state index contributed by atoms with van der Waals surface area (Å²) in [4.78, 5) is 0. The zero-order chi connectivity index (χ0) is 17.1. The summed E-state index contributed by atoms with van der Waals surface area (Å²) in [7, 11) is 0. The first-order valence-electron chi connectivity index (χ1n) is 10.3. The molecule has 0 bridgehead atoms. The molecule has 1 N–H and O–H groups in total. The molecule has 2 atom stereocenters. The van der Waals surface area contributed by atoms with Gasteiger partial charge in [-0.1, -0.05) is 45.7 Å². The number of rotatable bonds is 4. The van der Waals surface area contributed by atoms with Crippen LogP contribution in [0.2, 0.25) is 0 Å². The molecule has 1 nitrogen and oxygen atoms in total. The Bertz CT molecular complexity index is 489. The second-order valence-corrected chi connectivity index (χ2v) is 8.93. The fourth-order valence-electron chi connectivity index (χ4n) is 5.42. The molecule has 134 valence electrons. The minimum atomic E-state index is 0.380. The molecule has 3 rings (SSSR count). The quantitative estimate of drug-likeness (QED) is 0.647. The Morgan fingerprint density at radius 1 is 0.750 bits per heavy atom. The standard InChI is InChI=1S/C23H36O/c1-16-4-6-19(7-5-16)17(2)20-8-10-21(11-9-20)18(3)22-12-14-23(24)15-13-22/h12-21,24H,4-11H2,1-3H3. The maximum Gasteiger partial charge on any atom is 0.115 e. The minimum Gasteiger partial charge on any atom is -0.508 e. The highest BCUT2D eigenvalue weighted by Gasteiger charge is 2.33. The molecule has 0 amide bonds. The average Bonchev–Trinajstić information content (AvgIpc) is 2.62. The van der Waals surface area contributed by atoms with Crippen molar-refractivity contribution in [3.63, 3.8) is 0 Å². The van der Waals surface area contributed by atoms with E-state index in [4.69, 9.17) is 0 Å². The van der Waals surface area contributed by atoms with E-state index in [1.54, 1.807) is 0 Å². The lowest BCUT2D eigenvalue weighted by atomic mass is 9.66. The van der Waals surface area contributed by atoms with Gasteiger partial charge in [0.05, 0.1) is 0 Å². The molecule has 24 heavy (non-hydrogen) atoms. The first-order chi connectivity index (χ1) is 11.5. The summed E-state index contributed by atoms with van der Waals surface area (Å²) in [6.07, 6.45) is 11.5. The van der Waals surface area contributed by atoms with Crippen LogP contribution in [-0.2, 0) is 0 Å². The molecule has 0 aliphatic heterocycles. The number of phenolic OH excluding ortho intramolecular Hbond substituents is 1. The van der Waals surface area contributed by atoms with E-state index in [2.05, 4.69) is 32.9 Å². The monoisotopic (exact) mass is 328 g/mol. The van der Waals surface area contributed by atoms with Crippen LogP contribution < -0.4 is 0 Å². The molecule has 0 radical (unpaired) electrons. The highest BCUT2D eigenvalue weighted by atomic mass is 16.3. The van der Waals surface area contributed by atoms with Gasteiger partial charge in [0.1, 0.15) is 5.75 Å². The van der Waals surface area contributed by atoms with Crippen LogP contribution in [0.15, 0.2) is 24.3 Å². The molecule has 0 aromatic heterocycles. The van der Waals surface area contributed by atoms with Gasteiger partial charge >= 0.3 is 0 Å². The third-order valence-electron chi connectivity index (χ3n) is 7.49. The Morgan fingerprint density at radius 3 is 1.75 bits per heavy atom. The van der Waals surface area contributed by atoms with E-state index in [0.29, 0.717) is 11.7 Å². The Morgan fingerprint density at radius 2 is 1.21 bits per heavy atom. The summed E-state index contributed by atoms with van der Waals surface area (Å²) in [6.45, 7) is 7.36.